The number of anilines is 1. The number of halogens is 1. The topological polar surface area (TPSA) is 49.8 Å². The Hall–Kier alpha value is -1.46. The molecule has 100 valence electrons. The standard InChI is InChI=1S/C14H17BrN4/c1-16-7-4-8-17-14-18-9-11(10-19-14)12-5-2-3-6-13(12)15/h2-3,5-6,9-10,16H,4,7-8H2,1H3,(H,17,18,19). The van der Waals surface area contributed by atoms with E-state index in [0.29, 0.717) is 5.95 Å². The van der Waals surface area contributed by atoms with Crippen molar-refractivity contribution >= 4 is 21.9 Å². The second-order valence-electron chi connectivity index (χ2n) is 4.16. The van der Waals surface area contributed by atoms with Crippen molar-refractivity contribution in [3.8, 4) is 11.1 Å². The van der Waals surface area contributed by atoms with Crippen LogP contribution in [0.2, 0.25) is 0 Å². The number of nitrogens with zero attached hydrogens (tertiary/aromatic N) is 2. The van der Waals surface area contributed by atoms with Gasteiger partial charge >= 0.3 is 0 Å². The summed E-state index contributed by atoms with van der Waals surface area (Å²) in [6, 6.07) is 8.05. The van der Waals surface area contributed by atoms with Gasteiger partial charge in [0.2, 0.25) is 5.95 Å². The zero-order chi connectivity index (χ0) is 13.5. The largest absolute Gasteiger partial charge is 0.354 e. The van der Waals surface area contributed by atoms with Crippen LogP contribution in [0.4, 0.5) is 5.95 Å². The molecule has 0 aliphatic carbocycles. The van der Waals surface area contributed by atoms with Gasteiger partial charge in [0.15, 0.2) is 0 Å². The van der Waals surface area contributed by atoms with Crippen molar-refractivity contribution < 1.29 is 0 Å². The van der Waals surface area contributed by atoms with Crippen LogP contribution >= 0.6 is 15.9 Å². The molecule has 2 N–H and O–H groups in total. The van der Waals surface area contributed by atoms with Crippen molar-refractivity contribution in [2.45, 2.75) is 6.42 Å². The molecule has 1 aromatic carbocycles. The number of nitrogens with one attached hydrogen (secondary N) is 2. The Balaban J connectivity index is 2.01. The highest BCUT2D eigenvalue weighted by molar-refractivity contribution is 9.10. The Kier molecular flexibility index (Phi) is 5.30. The van der Waals surface area contributed by atoms with Gasteiger partial charge in [0.1, 0.15) is 0 Å². The van der Waals surface area contributed by atoms with Gasteiger partial charge in [-0.05, 0) is 31.6 Å². The fraction of sp³-hybridized carbons (Fsp3) is 0.286. The molecule has 0 unspecified atom stereocenters. The lowest BCUT2D eigenvalue weighted by molar-refractivity contribution is 0.745. The van der Waals surface area contributed by atoms with E-state index in [1.54, 1.807) is 0 Å². The van der Waals surface area contributed by atoms with Crippen molar-refractivity contribution in [1.29, 1.82) is 0 Å². The molecule has 2 rings (SSSR count). The molecule has 1 aromatic heterocycles. The molecule has 5 heteroatoms. The van der Waals surface area contributed by atoms with Crippen LogP contribution in [0, 0.1) is 0 Å². The first kappa shape index (κ1) is 14.0. The zero-order valence-corrected chi connectivity index (χ0v) is 12.4. The van der Waals surface area contributed by atoms with Gasteiger partial charge in [-0.15, -0.1) is 0 Å². The molecule has 0 bridgehead atoms. The third-order valence-electron chi connectivity index (χ3n) is 2.72. The fourth-order valence-electron chi connectivity index (χ4n) is 1.72. The van der Waals surface area contributed by atoms with Crippen LogP contribution in [-0.2, 0) is 0 Å². The Labute approximate surface area is 121 Å². The quantitative estimate of drug-likeness (QED) is 0.803. The van der Waals surface area contributed by atoms with Gasteiger partial charge in [-0.3, -0.25) is 0 Å². The van der Waals surface area contributed by atoms with Crippen LogP contribution in [0.25, 0.3) is 11.1 Å². The third kappa shape index (κ3) is 4.01. The van der Waals surface area contributed by atoms with E-state index in [-0.39, 0.29) is 0 Å². The lowest BCUT2D eigenvalue weighted by atomic mass is 10.1. The summed E-state index contributed by atoms with van der Waals surface area (Å²) < 4.78 is 1.05. The zero-order valence-electron chi connectivity index (χ0n) is 10.9. The van der Waals surface area contributed by atoms with Crippen LogP contribution in [0.1, 0.15) is 6.42 Å². The molecule has 1 heterocycles. The number of benzene rings is 1. The fourth-order valence-corrected chi connectivity index (χ4v) is 2.23. The summed E-state index contributed by atoms with van der Waals surface area (Å²) in [6.45, 7) is 1.86. The Morgan fingerprint density at radius 1 is 1.11 bits per heavy atom. The van der Waals surface area contributed by atoms with Crippen molar-refractivity contribution in [3.63, 3.8) is 0 Å². The minimum atomic E-state index is 0.673. The third-order valence-corrected chi connectivity index (χ3v) is 3.41. The number of aromatic nitrogens is 2. The molecule has 0 aliphatic rings. The molecule has 0 radical (unpaired) electrons. The van der Waals surface area contributed by atoms with Gasteiger partial charge in [0, 0.05) is 29.0 Å². The Bertz CT molecular complexity index is 513. The summed E-state index contributed by atoms with van der Waals surface area (Å²) in [6.07, 6.45) is 4.73. The summed E-state index contributed by atoms with van der Waals surface area (Å²) in [4.78, 5) is 8.66. The molecule has 0 fully saturated rings. The second kappa shape index (κ2) is 7.21. The molecule has 0 amide bonds. The van der Waals surface area contributed by atoms with Crippen molar-refractivity contribution in [3.05, 3.63) is 41.1 Å². The van der Waals surface area contributed by atoms with Crippen molar-refractivity contribution in [2.24, 2.45) is 0 Å². The predicted octanol–water partition coefficient (Wildman–Crippen LogP) is 2.93. The van der Waals surface area contributed by atoms with Gasteiger partial charge < -0.3 is 10.6 Å². The van der Waals surface area contributed by atoms with Crippen molar-refractivity contribution in [2.75, 3.05) is 25.5 Å². The van der Waals surface area contributed by atoms with Crippen LogP contribution in [-0.4, -0.2) is 30.1 Å². The lowest BCUT2D eigenvalue weighted by Crippen LogP contribution is -2.13. The van der Waals surface area contributed by atoms with E-state index < -0.39 is 0 Å². The van der Waals surface area contributed by atoms with Crippen LogP contribution in [0.3, 0.4) is 0 Å². The van der Waals surface area contributed by atoms with Crippen molar-refractivity contribution in [1.82, 2.24) is 15.3 Å². The lowest BCUT2D eigenvalue weighted by Gasteiger charge is -2.06. The average Bonchev–Trinajstić information content (AvgIpc) is 2.45. The first-order valence-electron chi connectivity index (χ1n) is 6.26. The molecule has 0 atom stereocenters. The van der Waals surface area contributed by atoms with Gasteiger partial charge in [-0.2, -0.15) is 0 Å². The average molecular weight is 321 g/mol. The maximum Gasteiger partial charge on any atom is 0.222 e. The smallest absolute Gasteiger partial charge is 0.222 e. The molecule has 0 spiro atoms. The minimum absolute atomic E-state index is 0.673. The summed E-state index contributed by atoms with van der Waals surface area (Å²) in [5, 5.41) is 6.30. The second-order valence-corrected chi connectivity index (χ2v) is 5.01. The molecule has 4 nitrogen and oxygen atoms in total. The molecular formula is C14H17BrN4. The first-order chi connectivity index (χ1) is 9.31. The molecule has 2 aromatic rings. The molecule has 0 saturated heterocycles. The molecule has 0 saturated carbocycles. The normalized spacial score (nSPS) is 10.4. The van der Waals surface area contributed by atoms with Gasteiger partial charge in [0.05, 0.1) is 0 Å². The maximum atomic E-state index is 4.33. The maximum absolute atomic E-state index is 4.33. The Morgan fingerprint density at radius 2 is 1.84 bits per heavy atom. The van der Waals surface area contributed by atoms with E-state index >= 15 is 0 Å². The van der Waals surface area contributed by atoms with E-state index in [1.165, 1.54) is 0 Å². The van der Waals surface area contributed by atoms with E-state index in [1.807, 2.05) is 43.7 Å². The highest BCUT2D eigenvalue weighted by Gasteiger charge is 2.03. The van der Waals surface area contributed by atoms with Gasteiger partial charge in [-0.25, -0.2) is 9.97 Å². The summed E-state index contributed by atoms with van der Waals surface area (Å²) in [5.74, 6) is 0.673. The van der Waals surface area contributed by atoms with E-state index in [0.717, 1.165) is 35.1 Å². The number of hydrogen-bond donors (Lipinski definition) is 2. The monoisotopic (exact) mass is 320 g/mol. The number of hydrogen-bond acceptors (Lipinski definition) is 4. The SMILES string of the molecule is CNCCCNc1ncc(-c2ccccc2Br)cn1. The first-order valence-corrected chi connectivity index (χ1v) is 7.06. The van der Waals surface area contributed by atoms with Crippen LogP contribution in [0.15, 0.2) is 41.1 Å². The molecular weight excluding hydrogens is 304 g/mol. The minimum Gasteiger partial charge on any atom is -0.354 e. The summed E-state index contributed by atoms with van der Waals surface area (Å²) >= 11 is 3.53. The van der Waals surface area contributed by atoms with Crippen LogP contribution in [0.5, 0.6) is 0 Å². The predicted molar refractivity (Wildman–Crippen MR) is 82.2 cm³/mol. The Morgan fingerprint density at radius 3 is 2.53 bits per heavy atom. The van der Waals surface area contributed by atoms with E-state index in [2.05, 4.69) is 36.5 Å². The van der Waals surface area contributed by atoms with E-state index in [4.69, 9.17) is 0 Å². The van der Waals surface area contributed by atoms with E-state index in [9.17, 15) is 0 Å². The van der Waals surface area contributed by atoms with Crippen LogP contribution < -0.4 is 10.6 Å². The molecule has 19 heavy (non-hydrogen) atoms. The van der Waals surface area contributed by atoms with Gasteiger partial charge in [0.25, 0.3) is 0 Å². The van der Waals surface area contributed by atoms with Gasteiger partial charge in [-0.1, -0.05) is 34.1 Å². The summed E-state index contributed by atoms with van der Waals surface area (Å²) in [7, 11) is 1.95. The highest BCUT2D eigenvalue weighted by atomic mass is 79.9. The summed E-state index contributed by atoms with van der Waals surface area (Å²) in [5.41, 5.74) is 2.11. The highest BCUT2D eigenvalue weighted by Crippen LogP contribution is 2.26. The molecule has 0 aliphatic heterocycles. The number of rotatable bonds is 6.